The van der Waals surface area contributed by atoms with Crippen molar-refractivity contribution in [2.75, 3.05) is 13.1 Å². The molecule has 0 aliphatic carbocycles. The predicted molar refractivity (Wildman–Crippen MR) is 92.5 cm³/mol. The summed E-state index contributed by atoms with van der Waals surface area (Å²) in [5.74, 6) is -0.293. The summed E-state index contributed by atoms with van der Waals surface area (Å²) in [6.45, 7) is 1.51. The van der Waals surface area contributed by atoms with E-state index in [4.69, 9.17) is 0 Å². The van der Waals surface area contributed by atoms with E-state index < -0.39 is 10.0 Å². The standard InChI is InChI=1S/C18H20N2O3S/c21-18(14-7-2-1-3-8-14)16-10-4-5-11-17(16)24(22,23)20-15-9-6-12-19-13-15/h1-5,7-8,10-11,15,19-20H,6,9,12-13H2/t15-/m1/s1. The number of nitrogens with one attached hydrogen (secondary N) is 2. The van der Waals surface area contributed by atoms with Crippen molar-refractivity contribution >= 4 is 15.8 Å². The van der Waals surface area contributed by atoms with Gasteiger partial charge in [-0.15, -0.1) is 0 Å². The maximum absolute atomic E-state index is 12.8. The molecular weight excluding hydrogens is 324 g/mol. The molecule has 2 aromatic rings. The van der Waals surface area contributed by atoms with Gasteiger partial charge in [0, 0.05) is 23.7 Å². The minimum absolute atomic E-state index is 0.0319. The number of ketones is 1. The maximum atomic E-state index is 12.8. The Morgan fingerprint density at radius 1 is 1.04 bits per heavy atom. The van der Waals surface area contributed by atoms with Crippen LogP contribution in [0.3, 0.4) is 0 Å². The lowest BCUT2D eigenvalue weighted by atomic mass is 10.0. The molecule has 2 aromatic carbocycles. The van der Waals surface area contributed by atoms with Crippen LogP contribution in [-0.4, -0.2) is 33.3 Å². The molecule has 1 saturated heterocycles. The Morgan fingerprint density at radius 3 is 2.46 bits per heavy atom. The number of hydrogen-bond acceptors (Lipinski definition) is 4. The molecule has 6 heteroatoms. The van der Waals surface area contributed by atoms with Gasteiger partial charge in [0.1, 0.15) is 0 Å². The van der Waals surface area contributed by atoms with Gasteiger partial charge in [-0.3, -0.25) is 4.79 Å². The highest BCUT2D eigenvalue weighted by Crippen LogP contribution is 2.20. The maximum Gasteiger partial charge on any atom is 0.241 e. The molecular formula is C18H20N2O3S. The minimum atomic E-state index is -3.75. The molecule has 0 spiro atoms. The zero-order valence-corrected chi connectivity index (χ0v) is 14.1. The van der Waals surface area contributed by atoms with Gasteiger partial charge in [-0.05, 0) is 31.5 Å². The highest BCUT2D eigenvalue weighted by molar-refractivity contribution is 7.89. The molecule has 1 aliphatic rings. The first kappa shape index (κ1) is 16.8. The Balaban J connectivity index is 1.92. The number of rotatable bonds is 5. The van der Waals surface area contributed by atoms with E-state index in [1.807, 2.05) is 6.07 Å². The molecule has 3 rings (SSSR count). The molecule has 1 aliphatic heterocycles. The van der Waals surface area contributed by atoms with Crippen molar-refractivity contribution in [3.63, 3.8) is 0 Å². The number of benzene rings is 2. The van der Waals surface area contributed by atoms with Gasteiger partial charge in [0.25, 0.3) is 0 Å². The van der Waals surface area contributed by atoms with Crippen molar-refractivity contribution in [3.05, 3.63) is 65.7 Å². The van der Waals surface area contributed by atoms with Crippen LogP contribution in [0.2, 0.25) is 0 Å². The summed E-state index contributed by atoms with van der Waals surface area (Å²) in [6, 6.07) is 14.9. The molecule has 0 unspecified atom stereocenters. The summed E-state index contributed by atoms with van der Waals surface area (Å²) in [5.41, 5.74) is 0.666. The quantitative estimate of drug-likeness (QED) is 0.813. The zero-order valence-electron chi connectivity index (χ0n) is 13.2. The molecule has 1 fully saturated rings. The summed E-state index contributed by atoms with van der Waals surface area (Å²) in [6.07, 6.45) is 1.72. The van der Waals surface area contributed by atoms with Gasteiger partial charge >= 0.3 is 0 Å². The monoisotopic (exact) mass is 344 g/mol. The molecule has 1 atom stereocenters. The Labute approximate surface area is 142 Å². The lowest BCUT2D eigenvalue weighted by Gasteiger charge is -2.24. The van der Waals surface area contributed by atoms with Crippen LogP contribution >= 0.6 is 0 Å². The molecule has 1 heterocycles. The van der Waals surface area contributed by atoms with E-state index in [2.05, 4.69) is 10.0 Å². The van der Waals surface area contributed by atoms with Gasteiger partial charge in [-0.2, -0.15) is 0 Å². The molecule has 2 N–H and O–H groups in total. The van der Waals surface area contributed by atoms with Crippen molar-refractivity contribution in [2.45, 2.75) is 23.8 Å². The SMILES string of the molecule is O=C(c1ccccc1)c1ccccc1S(=O)(=O)N[C@@H]1CCCNC1. The molecule has 0 radical (unpaired) electrons. The first-order valence-corrected chi connectivity index (χ1v) is 9.48. The first-order valence-electron chi connectivity index (χ1n) is 8.00. The lowest BCUT2D eigenvalue weighted by molar-refractivity contribution is 0.103. The number of hydrogen-bond donors (Lipinski definition) is 2. The average molecular weight is 344 g/mol. The Bertz CT molecular complexity index is 813. The van der Waals surface area contributed by atoms with Gasteiger partial charge in [0.2, 0.25) is 10.0 Å². The number of piperidine rings is 1. The smallest absolute Gasteiger partial charge is 0.241 e. The van der Waals surface area contributed by atoms with Gasteiger partial charge in [0.05, 0.1) is 4.90 Å². The first-order chi connectivity index (χ1) is 11.6. The third kappa shape index (κ3) is 3.72. The summed E-state index contributed by atoms with van der Waals surface area (Å²) in [5, 5.41) is 3.18. The molecule has 0 aromatic heterocycles. The largest absolute Gasteiger partial charge is 0.315 e. The van der Waals surface area contributed by atoms with E-state index in [0.717, 1.165) is 19.4 Å². The van der Waals surface area contributed by atoms with Crippen LogP contribution < -0.4 is 10.0 Å². The third-order valence-corrected chi connectivity index (χ3v) is 5.65. The number of carbonyl (C=O) groups is 1. The fourth-order valence-corrected chi connectivity index (χ4v) is 4.34. The van der Waals surface area contributed by atoms with Crippen LogP contribution in [0.25, 0.3) is 0 Å². The second kappa shape index (κ2) is 7.25. The summed E-state index contributed by atoms with van der Waals surface area (Å²) < 4.78 is 28.2. The molecule has 0 saturated carbocycles. The molecule has 5 nitrogen and oxygen atoms in total. The Morgan fingerprint density at radius 2 is 1.75 bits per heavy atom. The number of carbonyl (C=O) groups excluding carboxylic acids is 1. The minimum Gasteiger partial charge on any atom is -0.315 e. The van der Waals surface area contributed by atoms with Crippen molar-refractivity contribution in [2.24, 2.45) is 0 Å². The van der Waals surface area contributed by atoms with Crippen LogP contribution in [0.15, 0.2) is 59.5 Å². The summed E-state index contributed by atoms with van der Waals surface area (Å²) in [4.78, 5) is 12.7. The van der Waals surface area contributed by atoms with Crippen LogP contribution in [0.1, 0.15) is 28.8 Å². The lowest BCUT2D eigenvalue weighted by Crippen LogP contribution is -2.45. The molecule has 126 valence electrons. The van der Waals surface area contributed by atoms with E-state index in [1.54, 1.807) is 42.5 Å². The fourth-order valence-electron chi connectivity index (χ4n) is 2.87. The van der Waals surface area contributed by atoms with Gasteiger partial charge in [-0.1, -0.05) is 42.5 Å². The van der Waals surface area contributed by atoms with Gasteiger partial charge < -0.3 is 5.32 Å². The van der Waals surface area contributed by atoms with Crippen LogP contribution in [0.5, 0.6) is 0 Å². The molecule has 0 amide bonds. The second-order valence-corrected chi connectivity index (χ2v) is 7.54. The zero-order chi connectivity index (χ0) is 17.0. The van der Waals surface area contributed by atoms with Gasteiger partial charge in [0.15, 0.2) is 5.78 Å². The van der Waals surface area contributed by atoms with E-state index in [1.165, 1.54) is 6.07 Å². The molecule has 24 heavy (non-hydrogen) atoms. The Hall–Kier alpha value is -2.02. The molecule has 0 bridgehead atoms. The van der Waals surface area contributed by atoms with Crippen LogP contribution in [-0.2, 0) is 10.0 Å². The van der Waals surface area contributed by atoms with Crippen LogP contribution in [0, 0.1) is 0 Å². The van der Waals surface area contributed by atoms with Crippen molar-refractivity contribution in [1.82, 2.24) is 10.0 Å². The third-order valence-electron chi connectivity index (χ3n) is 4.08. The van der Waals surface area contributed by atoms with E-state index >= 15 is 0 Å². The van der Waals surface area contributed by atoms with E-state index in [-0.39, 0.29) is 22.3 Å². The van der Waals surface area contributed by atoms with Crippen LogP contribution in [0.4, 0.5) is 0 Å². The highest BCUT2D eigenvalue weighted by Gasteiger charge is 2.26. The Kier molecular flexibility index (Phi) is 5.08. The van der Waals surface area contributed by atoms with E-state index in [9.17, 15) is 13.2 Å². The fraction of sp³-hybridized carbons (Fsp3) is 0.278. The van der Waals surface area contributed by atoms with Crippen molar-refractivity contribution in [1.29, 1.82) is 0 Å². The number of sulfonamides is 1. The van der Waals surface area contributed by atoms with Crippen molar-refractivity contribution < 1.29 is 13.2 Å². The predicted octanol–water partition coefficient (Wildman–Crippen LogP) is 1.95. The topological polar surface area (TPSA) is 75.3 Å². The normalized spacial score (nSPS) is 18.2. The van der Waals surface area contributed by atoms with Crippen molar-refractivity contribution in [3.8, 4) is 0 Å². The highest BCUT2D eigenvalue weighted by atomic mass is 32.2. The van der Waals surface area contributed by atoms with Gasteiger partial charge in [-0.25, -0.2) is 13.1 Å². The second-order valence-electron chi connectivity index (χ2n) is 5.86. The summed E-state index contributed by atoms with van der Waals surface area (Å²) >= 11 is 0. The average Bonchev–Trinajstić information content (AvgIpc) is 2.62. The summed E-state index contributed by atoms with van der Waals surface area (Å²) in [7, 11) is -3.75. The van der Waals surface area contributed by atoms with E-state index in [0.29, 0.717) is 12.1 Å².